The fourth-order valence-electron chi connectivity index (χ4n) is 1.69. The zero-order valence-corrected chi connectivity index (χ0v) is 12.1. The summed E-state index contributed by atoms with van der Waals surface area (Å²) in [5.41, 5.74) is 1.27. The van der Waals surface area contributed by atoms with Gasteiger partial charge in [-0.2, -0.15) is 0 Å². The molecule has 0 fully saturated rings. The van der Waals surface area contributed by atoms with E-state index in [9.17, 15) is 4.79 Å². The molecule has 0 saturated carbocycles. The number of Topliss-reactive ketones (excluding diaryl/α,β-unsaturated/α-hetero) is 1. The van der Waals surface area contributed by atoms with Crippen molar-refractivity contribution >= 4 is 33.3 Å². The van der Waals surface area contributed by atoms with Gasteiger partial charge in [0.1, 0.15) is 0 Å². The topological polar surface area (TPSA) is 30.0 Å². The van der Waals surface area contributed by atoms with Gasteiger partial charge in [0.05, 0.1) is 16.6 Å². The van der Waals surface area contributed by atoms with Crippen molar-refractivity contribution < 1.29 is 4.79 Å². The Morgan fingerprint density at radius 3 is 2.72 bits per heavy atom. The molecule has 1 aromatic carbocycles. The first-order chi connectivity index (χ1) is 8.61. The highest BCUT2D eigenvalue weighted by Gasteiger charge is 2.21. The van der Waals surface area contributed by atoms with Crippen molar-refractivity contribution in [2.45, 2.75) is 12.8 Å². The highest BCUT2D eigenvalue weighted by molar-refractivity contribution is 9.10. The lowest BCUT2D eigenvalue weighted by Gasteiger charge is -2.11. The summed E-state index contributed by atoms with van der Waals surface area (Å²) in [6.07, 6.45) is 1.68. The van der Waals surface area contributed by atoms with Crippen LogP contribution in [-0.4, -0.2) is 10.8 Å². The number of halogens is 2. The minimum atomic E-state index is -0.307. The van der Waals surface area contributed by atoms with Crippen LogP contribution >= 0.6 is 27.5 Å². The van der Waals surface area contributed by atoms with Gasteiger partial charge in [-0.3, -0.25) is 9.78 Å². The molecule has 2 aromatic rings. The van der Waals surface area contributed by atoms with Crippen LogP contribution < -0.4 is 0 Å². The van der Waals surface area contributed by atoms with Crippen LogP contribution in [-0.2, 0) is 0 Å². The van der Waals surface area contributed by atoms with E-state index in [0.717, 1.165) is 10.2 Å². The van der Waals surface area contributed by atoms with Gasteiger partial charge < -0.3 is 0 Å². The van der Waals surface area contributed by atoms with Crippen molar-refractivity contribution in [1.29, 1.82) is 0 Å². The lowest BCUT2D eigenvalue weighted by atomic mass is 9.96. The zero-order valence-electron chi connectivity index (χ0n) is 9.73. The molecule has 18 heavy (non-hydrogen) atoms. The van der Waals surface area contributed by atoms with E-state index in [1.54, 1.807) is 18.3 Å². The van der Waals surface area contributed by atoms with E-state index >= 15 is 0 Å². The maximum absolute atomic E-state index is 12.4. The highest BCUT2D eigenvalue weighted by atomic mass is 79.9. The Bertz CT molecular complexity index is 571. The van der Waals surface area contributed by atoms with Gasteiger partial charge in [0.25, 0.3) is 0 Å². The Morgan fingerprint density at radius 1 is 1.28 bits per heavy atom. The molecule has 0 N–H and O–H groups in total. The van der Waals surface area contributed by atoms with Crippen LogP contribution in [0.2, 0.25) is 5.02 Å². The zero-order chi connectivity index (χ0) is 13.1. The monoisotopic (exact) mass is 323 g/mol. The molecule has 1 heterocycles. The lowest BCUT2D eigenvalue weighted by Crippen LogP contribution is -2.11. The minimum Gasteiger partial charge on any atom is -0.293 e. The molecule has 1 aromatic heterocycles. The highest BCUT2D eigenvalue weighted by Crippen LogP contribution is 2.29. The average molecular weight is 325 g/mol. The average Bonchev–Trinajstić information content (AvgIpc) is 2.41. The Labute approximate surface area is 119 Å². The standard InChI is InChI=1S/C14H11BrClNO/c1-9(12-7-2-3-8-17-12)14(18)10-5-4-6-11(15)13(10)16/h2-9H,1H3. The van der Waals surface area contributed by atoms with Crippen LogP contribution in [0.15, 0.2) is 47.1 Å². The van der Waals surface area contributed by atoms with Crippen LogP contribution in [0.4, 0.5) is 0 Å². The third kappa shape index (κ3) is 2.62. The summed E-state index contributed by atoms with van der Waals surface area (Å²) in [4.78, 5) is 16.6. The number of hydrogen-bond acceptors (Lipinski definition) is 2. The van der Waals surface area contributed by atoms with E-state index in [1.165, 1.54) is 0 Å². The summed E-state index contributed by atoms with van der Waals surface area (Å²) in [6.45, 7) is 1.84. The predicted molar refractivity (Wildman–Crippen MR) is 76.1 cm³/mol. The fourth-order valence-corrected chi connectivity index (χ4v) is 2.28. The van der Waals surface area contributed by atoms with Crippen LogP contribution in [0.5, 0.6) is 0 Å². The first-order valence-corrected chi connectivity index (χ1v) is 6.67. The molecule has 0 aliphatic heterocycles. The molecular formula is C14H11BrClNO. The molecule has 0 aliphatic rings. The Kier molecular flexibility index (Phi) is 4.15. The smallest absolute Gasteiger partial charge is 0.173 e. The first-order valence-electron chi connectivity index (χ1n) is 5.50. The van der Waals surface area contributed by atoms with Gasteiger partial charge in [0, 0.05) is 16.2 Å². The Morgan fingerprint density at radius 2 is 2.06 bits per heavy atom. The van der Waals surface area contributed by atoms with E-state index in [1.807, 2.05) is 31.2 Å². The quantitative estimate of drug-likeness (QED) is 0.779. The molecule has 92 valence electrons. The third-order valence-electron chi connectivity index (χ3n) is 2.74. The van der Waals surface area contributed by atoms with E-state index in [0.29, 0.717) is 10.6 Å². The van der Waals surface area contributed by atoms with E-state index in [2.05, 4.69) is 20.9 Å². The molecule has 0 spiro atoms. The number of benzene rings is 1. The summed E-state index contributed by atoms with van der Waals surface area (Å²) in [5, 5.41) is 0.449. The molecule has 2 rings (SSSR count). The van der Waals surface area contributed by atoms with Gasteiger partial charge in [-0.1, -0.05) is 23.7 Å². The molecule has 0 aliphatic carbocycles. The maximum atomic E-state index is 12.4. The maximum Gasteiger partial charge on any atom is 0.173 e. The second-order valence-corrected chi connectivity index (χ2v) is 5.17. The first kappa shape index (κ1) is 13.2. The van der Waals surface area contributed by atoms with Crippen molar-refractivity contribution in [3.05, 3.63) is 63.3 Å². The van der Waals surface area contributed by atoms with Crippen LogP contribution in [0.1, 0.15) is 28.9 Å². The van der Waals surface area contributed by atoms with Crippen molar-refractivity contribution in [3.63, 3.8) is 0 Å². The number of ketones is 1. The van der Waals surface area contributed by atoms with Crippen molar-refractivity contribution in [3.8, 4) is 0 Å². The second-order valence-electron chi connectivity index (χ2n) is 3.94. The van der Waals surface area contributed by atoms with Crippen molar-refractivity contribution in [2.24, 2.45) is 0 Å². The van der Waals surface area contributed by atoms with Crippen molar-refractivity contribution in [2.75, 3.05) is 0 Å². The normalized spacial score (nSPS) is 12.2. The summed E-state index contributed by atoms with van der Waals surface area (Å²) in [5.74, 6) is -0.335. The SMILES string of the molecule is CC(C(=O)c1cccc(Br)c1Cl)c1ccccn1. The van der Waals surface area contributed by atoms with Gasteiger partial charge in [0.15, 0.2) is 5.78 Å². The van der Waals surface area contributed by atoms with Crippen LogP contribution in [0, 0.1) is 0 Å². The van der Waals surface area contributed by atoms with E-state index in [4.69, 9.17) is 11.6 Å². The number of carbonyl (C=O) groups excluding carboxylic acids is 1. The van der Waals surface area contributed by atoms with Gasteiger partial charge in [-0.05, 0) is 47.1 Å². The number of pyridine rings is 1. The predicted octanol–water partition coefficient (Wildman–Crippen LogP) is 4.48. The summed E-state index contributed by atoms with van der Waals surface area (Å²) < 4.78 is 0.725. The number of rotatable bonds is 3. The molecule has 0 amide bonds. The molecule has 4 heteroatoms. The second kappa shape index (κ2) is 5.63. The Hall–Kier alpha value is -1.19. The molecule has 0 radical (unpaired) electrons. The molecule has 2 nitrogen and oxygen atoms in total. The van der Waals surface area contributed by atoms with E-state index < -0.39 is 0 Å². The van der Waals surface area contributed by atoms with Gasteiger partial charge in [-0.15, -0.1) is 0 Å². The van der Waals surface area contributed by atoms with Crippen LogP contribution in [0.25, 0.3) is 0 Å². The number of nitrogens with zero attached hydrogens (tertiary/aromatic N) is 1. The molecule has 1 atom stereocenters. The van der Waals surface area contributed by atoms with E-state index in [-0.39, 0.29) is 11.7 Å². The summed E-state index contributed by atoms with van der Waals surface area (Å²) >= 11 is 9.45. The Balaban J connectivity index is 2.35. The molecule has 1 unspecified atom stereocenters. The number of aromatic nitrogens is 1. The molecule has 0 bridgehead atoms. The summed E-state index contributed by atoms with van der Waals surface area (Å²) in [7, 11) is 0. The van der Waals surface area contributed by atoms with Crippen molar-refractivity contribution in [1.82, 2.24) is 4.98 Å². The number of hydrogen-bond donors (Lipinski definition) is 0. The fraction of sp³-hybridized carbons (Fsp3) is 0.143. The number of carbonyl (C=O) groups is 1. The molecular weight excluding hydrogens is 314 g/mol. The van der Waals surface area contributed by atoms with Gasteiger partial charge in [-0.25, -0.2) is 0 Å². The largest absolute Gasteiger partial charge is 0.293 e. The van der Waals surface area contributed by atoms with Gasteiger partial charge in [0.2, 0.25) is 0 Å². The third-order valence-corrected chi connectivity index (χ3v) is 4.04. The minimum absolute atomic E-state index is 0.0278. The lowest BCUT2D eigenvalue weighted by molar-refractivity contribution is 0.0964. The van der Waals surface area contributed by atoms with Gasteiger partial charge >= 0.3 is 0 Å². The van der Waals surface area contributed by atoms with Crippen LogP contribution in [0.3, 0.4) is 0 Å². The summed E-state index contributed by atoms with van der Waals surface area (Å²) in [6, 6.07) is 10.9. The molecule has 0 saturated heterocycles.